The van der Waals surface area contributed by atoms with E-state index in [1.54, 1.807) is 4.68 Å². The van der Waals surface area contributed by atoms with Crippen molar-refractivity contribution in [3.8, 4) is 5.75 Å². The minimum absolute atomic E-state index is 0.143. The second-order valence-electron chi connectivity index (χ2n) is 6.19. The first kappa shape index (κ1) is 19.3. The zero-order valence-corrected chi connectivity index (χ0v) is 15.9. The topological polar surface area (TPSA) is 100 Å². The number of oxime groups is 1. The highest BCUT2D eigenvalue weighted by Crippen LogP contribution is 2.19. The van der Waals surface area contributed by atoms with E-state index in [1.165, 1.54) is 0 Å². The summed E-state index contributed by atoms with van der Waals surface area (Å²) < 4.78 is 7.62. The van der Waals surface area contributed by atoms with Crippen molar-refractivity contribution in [2.45, 2.75) is 39.5 Å². The van der Waals surface area contributed by atoms with Gasteiger partial charge in [0.1, 0.15) is 12.4 Å². The van der Waals surface area contributed by atoms with Crippen molar-refractivity contribution in [2.75, 3.05) is 0 Å². The molecule has 3 rings (SSSR count). The molecule has 0 bridgehead atoms. The molecule has 0 atom stereocenters. The summed E-state index contributed by atoms with van der Waals surface area (Å²) in [5, 5.41) is 15.6. The molecule has 2 N–H and O–H groups in total. The predicted octanol–water partition coefficient (Wildman–Crippen LogP) is 2.89. The summed E-state index contributed by atoms with van der Waals surface area (Å²) in [6.45, 7) is 3.45. The number of aromatic nitrogens is 4. The quantitative estimate of drug-likeness (QED) is 0.330. The van der Waals surface area contributed by atoms with Gasteiger partial charge in [-0.3, -0.25) is 0 Å². The largest absolute Gasteiger partial charge is 0.488 e. The monoisotopic (exact) mass is 380 g/mol. The van der Waals surface area contributed by atoms with Crippen LogP contribution in [0.2, 0.25) is 0 Å². The molecule has 0 amide bonds. The van der Waals surface area contributed by atoms with Crippen LogP contribution in [0.4, 0.5) is 0 Å². The number of benzene rings is 2. The first-order chi connectivity index (χ1) is 13.8. The van der Waals surface area contributed by atoms with Gasteiger partial charge in [0.2, 0.25) is 0 Å². The van der Waals surface area contributed by atoms with Gasteiger partial charge < -0.3 is 15.3 Å². The van der Waals surface area contributed by atoms with Crippen LogP contribution in [0.5, 0.6) is 5.75 Å². The lowest BCUT2D eigenvalue weighted by Gasteiger charge is -2.11. The normalized spacial score (nSPS) is 11.4. The van der Waals surface area contributed by atoms with Crippen LogP contribution in [0, 0.1) is 0 Å². The predicted molar refractivity (Wildman–Crippen MR) is 105 cm³/mol. The van der Waals surface area contributed by atoms with Crippen molar-refractivity contribution in [1.29, 1.82) is 0 Å². The Hall–Kier alpha value is -3.42. The average Bonchev–Trinajstić information content (AvgIpc) is 3.19. The second-order valence-corrected chi connectivity index (χ2v) is 6.19. The lowest BCUT2D eigenvalue weighted by Crippen LogP contribution is -2.16. The Bertz CT molecular complexity index is 894. The van der Waals surface area contributed by atoms with Gasteiger partial charge in [-0.15, -0.1) is 5.10 Å². The van der Waals surface area contributed by atoms with Crippen LogP contribution in [-0.4, -0.2) is 26.0 Å². The highest BCUT2D eigenvalue weighted by atomic mass is 16.6. The van der Waals surface area contributed by atoms with Crippen LogP contribution in [-0.2, 0) is 24.6 Å². The highest BCUT2D eigenvalue weighted by molar-refractivity contribution is 5.99. The molecule has 1 heterocycles. The van der Waals surface area contributed by atoms with Gasteiger partial charge in [-0.1, -0.05) is 61.0 Å². The number of aryl methyl sites for hydroxylation is 1. The number of nitrogens with two attached hydrogens (primary N) is 1. The van der Waals surface area contributed by atoms with Gasteiger partial charge in [-0.2, -0.15) is 0 Å². The fraction of sp³-hybridized carbons (Fsp3) is 0.300. The van der Waals surface area contributed by atoms with Crippen molar-refractivity contribution in [1.82, 2.24) is 20.2 Å². The average molecular weight is 380 g/mol. The van der Waals surface area contributed by atoms with Crippen LogP contribution < -0.4 is 10.5 Å². The third-order valence-electron chi connectivity index (χ3n) is 4.09. The zero-order chi connectivity index (χ0) is 19.6. The molecule has 146 valence electrons. The first-order valence-electron chi connectivity index (χ1n) is 9.24. The molecule has 28 heavy (non-hydrogen) atoms. The zero-order valence-electron chi connectivity index (χ0n) is 15.9. The third kappa shape index (κ3) is 5.29. The molecule has 0 aliphatic rings. The lowest BCUT2D eigenvalue weighted by molar-refractivity contribution is 0.120. The van der Waals surface area contributed by atoms with Gasteiger partial charge in [0, 0.05) is 6.54 Å². The molecule has 0 fully saturated rings. The highest BCUT2D eigenvalue weighted by Gasteiger charge is 2.10. The molecule has 0 aliphatic heterocycles. The molecular formula is C20H24N6O2. The van der Waals surface area contributed by atoms with Crippen molar-refractivity contribution in [2.24, 2.45) is 10.9 Å². The Morgan fingerprint density at radius 2 is 1.86 bits per heavy atom. The van der Waals surface area contributed by atoms with E-state index in [-0.39, 0.29) is 12.4 Å². The van der Waals surface area contributed by atoms with Gasteiger partial charge in [0.05, 0.1) is 5.56 Å². The summed E-state index contributed by atoms with van der Waals surface area (Å²) in [5.74, 6) is 1.49. The summed E-state index contributed by atoms with van der Waals surface area (Å²) >= 11 is 0. The Balaban J connectivity index is 1.62. The van der Waals surface area contributed by atoms with E-state index in [1.807, 2.05) is 54.6 Å². The van der Waals surface area contributed by atoms with Gasteiger partial charge >= 0.3 is 0 Å². The van der Waals surface area contributed by atoms with E-state index in [9.17, 15) is 0 Å². The van der Waals surface area contributed by atoms with Gasteiger partial charge in [-0.05, 0) is 34.5 Å². The van der Waals surface area contributed by atoms with Gasteiger partial charge in [0.25, 0.3) is 0 Å². The standard InChI is InChI=1S/C20H24N6O2/c1-2-3-13-26-19(22-24-25-26)15-28-23-20(21)17-11-7-8-12-18(17)27-14-16-9-5-4-6-10-16/h4-12H,2-3,13-15H2,1H3,(H2,21,23). The van der Waals surface area contributed by atoms with E-state index < -0.39 is 0 Å². The molecule has 0 aliphatic carbocycles. The fourth-order valence-corrected chi connectivity index (χ4v) is 2.56. The number of ether oxygens (including phenoxy) is 1. The van der Waals surface area contributed by atoms with Crippen LogP contribution in [0.15, 0.2) is 59.8 Å². The number of tetrazole rings is 1. The van der Waals surface area contributed by atoms with Crippen molar-refractivity contribution in [3.63, 3.8) is 0 Å². The maximum Gasteiger partial charge on any atom is 0.191 e. The first-order valence-corrected chi connectivity index (χ1v) is 9.24. The Morgan fingerprint density at radius 1 is 1.07 bits per heavy atom. The molecule has 0 saturated heterocycles. The van der Waals surface area contributed by atoms with Crippen LogP contribution in [0.1, 0.15) is 36.7 Å². The SMILES string of the molecule is CCCCn1nnnc1CO/N=C(\N)c1ccccc1OCc1ccccc1. The molecule has 3 aromatic rings. The number of rotatable bonds is 10. The number of hydrogen-bond acceptors (Lipinski definition) is 6. The van der Waals surface area contributed by atoms with Crippen LogP contribution in [0.25, 0.3) is 0 Å². The summed E-state index contributed by atoms with van der Waals surface area (Å²) in [5.41, 5.74) is 7.85. The van der Waals surface area contributed by atoms with Crippen LogP contribution in [0.3, 0.4) is 0 Å². The third-order valence-corrected chi connectivity index (χ3v) is 4.09. The summed E-state index contributed by atoms with van der Waals surface area (Å²) in [6, 6.07) is 17.4. The minimum atomic E-state index is 0.143. The Morgan fingerprint density at radius 3 is 2.68 bits per heavy atom. The Kier molecular flexibility index (Phi) is 6.95. The molecular weight excluding hydrogens is 356 g/mol. The molecule has 0 unspecified atom stereocenters. The summed E-state index contributed by atoms with van der Waals surface area (Å²) in [7, 11) is 0. The van der Waals surface area contributed by atoms with E-state index in [0.717, 1.165) is 24.9 Å². The molecule has 0 spiro atoms. The molecule has 8 nitrogen and oxygen atoms in total. The van der Waals surface area contributed by atoms with Gasteiger partial charge in [-0.25, -0.2) is 4.68 Å². The smallest absolute Gasteiger partial charge is 0.191 e. The van der Waals surface area contributed by atoms with Gasteiger partial charge in [0.15, 0.2) is 18.3 Å². The second kappa shape index (κ2) is 10.1. The minimum Gasteiger partial charge on any atom is -0.488 e. The summed E-state index contributed by atoms with van der Waals surface area (Å²) in [6.07, 6.45) is 2.06. The molecule has 1 aromatic heterocycles. The number of unbranched alkanes of at least 4 members (excludes halogenated alkanes) is 1. The van der Waals surface area contributed by atoms with Crippen molar-refractivity contribution < 1.29 is 9.57 Å². The van der Waals surface area contributed by atoms with E-state index >= 15 is 0 Å². The number of amidine groups is 1. The maximum absolute atomic E-state index is 6.11. The number of para-hydroxylation sites is 1. The number of hydrogen-bond donors (Lipinski definition) is 1. The summed E-state index contributed by atoms with van der Waals surface area (Å²) in [4.78, 5) is 5.38. The van der Waals surface area contributed by atoms with Crippen LogP contribution >= 0.6 is 0 Å². The Labute approximate surface area is 163 Å². The fourth-order valence-electron chi connectivity index (χ4n) is 2.56. The maximum atomic E-state index is 6.11. The van der Waals surface area contributed by atoms with Crippen molar-refractivity contribution in [3.05, 3.63) is 71.5 Å². The number of nitrogens with zero attached hydrogens (tertiary/aromatic N) is 5. The van der Waals surface area contributed by atoms with E-state index in [4.69, 9.17) is 15.3 Å². The molecule has 2 aromatic carbocycles. The lowest BCUT2D eigenvalue weighted by atomic mass is 10.2. The van der Waals surface area contributed by atoms with E-state index in [2.05, 4.69) is 27.6 Å². The molecule has 0 saturated carbocycles. The van der Waals surface area contributed by atoms with E-state index in [0.29, 0.717) is 23.7 Å². The molecule has 0 radical (unpaired) electrons. The van der Waals surface area contributed by atoms with Crippen molar-refractivity contribution >= 4 is 5.84 Å². The molecule has 8 heteroatoms.